The van der Waals surface area contributed by atoms with Crippen molar-refractivity contribution in [3.05, 3.63) is 63.6 Å². The van der Waals surface area contributed by atoms with Gasteiger partial charge in [-0.1, -0.05) is 41.4 Å². The summed E-state index contributed by atoms with van der Waals surface area (Å²) >= 11 is 12.3. The zero-order valence-corrected chi connectivity index (χ0v) is 16.2. The topological polar surface area (TPSA) is 33.7 Å². The predicted octanol–water partition coefficient (Wildman–Crippen LogP) is 3.99. The van der Waals surface area contributed by atoms with Gasteiger partial charge in [0.1, 0.15) is 12.4 Å². The van der Waals surface area contributed by atoms with Crippen LogP contribution < -0.4 is 10.1 Å². The van der Waals surface area contributed by atoms with Crippen LogP contribution in [-0.4, -0.2) is 44.3 Å². The summed E-state index contributed by atoms with van der Waals surface area (Å²) in [4.78, 5) is 2.42. The van der Waals surface area contributed by atoms with Gasteiger partial charge in [-0.2, -0.15) is 0 Å². The number of rotatable bonds is 8. The smallest absolute Gasteiger partial charge is 0.119 e. The second-order valence-corrected chi connectivity index (χ2v) is 7.08. The molecule has 0 amide bonds. The Balaban J connectivity index is 1.40. The molecular formula is C20H24Cl2N2O2. The number of halogens is 2. The summed E-state index contributed by atoms with van der Waals surface area (Å²) < 4.78 is 11.2. The third-order valence-electron chi connectivity index (χ3n) is 4.41. The van der Waals surface area contributed by atoms with Crippen molar-refractivity contribution in [2.24, 2.45) is 0 Å². The van der Waals surface area contributed by atoms with Gasteiger partial charge >= 0.3 is 0 Å². The fourth-order valence-electron chi connectivity index (χ4n) is 2.82. The molecular weight excluding hydrogens is 371 g/mol. The molecule has 0 saturated carbocycles. The molecule has 0 spiro atoms. The lowest BCUT2D eigenvalue weighted by atomic mass is 10.2. The minimum Gasteiger partial charge on any atom is -0.489 e. The fraction of sp³-hybridized carbons (Fsp3) is 0.400. The summed E-state index contributed by atoms with van der Waals surface area (Å²) in [6.45, 7) is 7.00. The molecule has 140 valence electrons. The Labute approximate surface area is 165 Å². The summed E-state index contributed by atoms with van der Waals surface area (Å²) in [7, 11) is 0. The molecule has 2 aromatic carbocycles. The molecule has 1 heterocycles. The van der Waals surface area contributed by atoms with E-state index in [0.29, 0.717) is 16.7 Å². The van der Waals surface area contributed by atoms with E-state index in [1.54, 1.807) is 0 Å². The maximum Gasteiger partial charge on any atom is 0.119 e. The molecule has 1 saturated heterocycles. The molecule has 0 atom stereocenters. The van der Waals surface area contributed by atoms with Gasteiger partial charge in [0.2, 0.25) is 0 Å². The molecule has 0 aromatic heterocycles. The first-order valence-corrected chi connectivity index (χ1v) is 9.63. The van der Waals surface area contributed by atoms with Gasteiger partial charge in [0.25, 0.3) is 0 Å². The van der Waals surface area contributed by atoms with Crippen LogP contribution in [0.3, 0.4) is 0 Å². The second kappa shape index (κ2) is 10.1. The zero-order chi connectivity index (χ0) is 18.2. The highest BCUT2D eigenvalue weighted by atomic mass is 35.5. The predicted molar refractivity (Wildman–Crippen MR) is 106 cm³/mol. The van der Waals surface area contributed by atoms with Crippen molar-refractivity contribution in [3.8, 4) is 5.75 Å². The van der Waals surface area contributed by atoms with Crippen molar-refractivity contribution in [1.82, 2.24) is 10.2 Å². The van der Waals surface area contributed by atoms with Gasteiger partial charge in [-0.3, -0.25) is 4.90 Å². The zero-order valence-electron chi connectivity index (χ0n) is 14.7. The fourth-order valence-corrected chi connectivity index (χ4v) is 3.33. The maximum atomic E-state index is 6.16. The normalized spacial score (nSPS) is 15.2. The molecule has 1 aliphatic heterocycles. The van der Waals surface area contributed by atoms with Crippen LogP contribution in [0, 0.1) is 0 Å². The van der Waals surface area contributed by atoms with Crippen LogP contribution in [0.4, 0.5) is 0 Å². The summed E-state index contributed by atoms with van der Waals surface area (Å²) in [5, 5.41) is 4.73. The van der Waals surface area contributed by atoms with Gasteiger partial charge in [0.05, 0.1) is 13.2 Å². The molecule has 1 aliphatic rings. The van der Waals surface area contributed by atoms with E-state index in [2.05, 4.69) is 22.3 Å². The van der Waals surface area contributed by atoms with Crippen LogP contribution in [0.2, 0.25) is 10.0 Å². The molecule has 0 aliphatic carbocycles. The first-order valence-electron chi connectivity index (χ1n) is 8.88. The molecule has 0 bridgehead atoms. The van der Waals surface area contributed by atoms with E-state index < -0.39 is 0 Å². The number of ether oxygens (including phenoxy) is 2. The van der Waals surface area contributed by atoms with E-state index in [9.17, 15) is 0 Å². The molecule has 1 fully saturated rings. The molecule has 3 rings (SSSR count). The standard InChI is InChI=1S/C20H24Cl2N2O2/c21-19-2-1-3-20(22)18(19)15-26-17-6-4-16(5-7-17)14-23-8-9-24-10-12-25-13-11-24/h1-7,23H,8-15H2. The largest absolute Gasteiger partial charge is 0.489 e. The molecule has 26 heavy (non-hydrogen) atoms. The van der Waals surface area contributed by atoms with Crippen LogP contribution in [0.1, 0.15) is 11.1 Å². The first-order chi connectivity index (χ1) is 12.7. The number of hydrogen-bond donors (Lipinski definition) is 1. The van der Waals surface area contributed by atoms with Gasteiger partial charge in [-0.25, -0.2) is 0 Å². The Morgan fingerprint density at radius 1 is 1.00 bits per heavy atom. The average molecular weight is 395 g/mol. The summed E-state index contributed by atoms with van der Waals surface area (Å²) in [6.07, 6.45) is 0. The monoisotopic (exact) mass is 394 g/mol. The molecule has 0 unspecified atom stereocenters. The van der Waals surface area contributed by atoms with Gasteiger partial charge in [0.15, 0.2) is 0 Å². The minimum atomic E-state index is 0.357. The van der Waals surface area contributed by atoms with Crippen molar-refractivity contribution in [3.63, 3.8) is 0 Å². The highest BCUT2D eigenvalue weighted by Gasteiger charge is 2.09. The maximum absolute atomic E-state index is 6.16. The summed E-state index contributed by atoms with van der Waals surface area (Å²) in [5.74, 6) is 0.804. The average Bonchev–Trinajstić information content (AvgIpc) is 2.67. The lowest BCUT2D eigenvalue weighted by Crippen LogP contribution is -2.40. The quantitative estimate of drug-likeness (QED) is 0.686. The van der Waals surface area contributed by atoms with Crippen molar-refractivity contribution in [2.45, 2.75) is 13.2 Å². The third-order valence-corrected chi connectivity index (χ3v) is 5.11. The third kappa shape index (κ3) is 5.86. The van der Waals surface area contributed by atoms with Crippen LogP contribution >= 0.6 is 23.2 Å². The van der Waals surface area contributed by atoms with Gasteiger partial charge < -0.3 is 14.8 Å². The number of hydrogen-bond acceptors (Lipinski definition) is 4. The van der Waals surface area contributed by atoms with Crippen LogP contribution in [0.25, 0.3) is 0 Å². The Morgan fingerprint density at radius 3 is 2.38 bits per heavy atom. The second-order valence-electron chi connectivity index (χ2n) is 6.26. The van der Waals surface area contributed by atoms with Crippen LogP contribution in [0.5, 0.6) is 5.75 Å². The molecule has 1 N–H and O–H groups in total. The van der Waals surface area contributed by atoms with Gasteiger partial charge in [0, 0.05) is 48.3 Å². The Morgan fingerprint density at radius 2 is 1.69 bits per heavy atom. The van der Waals surface area contributed by atoms with E-state index in [0.717, 1.165) is 57.3 Å². The molecule has 6 heteroatoms. The van der Waals surface area contributed by atoms with Crippen LogP contribution in [-0.2, 0) is 17.9 Å². The molecule has 0 radical (unpaired) electrons. The number of nitrogens with zero attached hydrogens (tertiary/aromatic N) is 1. The SMILES string of the molecule is Clc1cccc(Cl)c1COc1ccc(CNCCN2CCOCC2)cc1. The van der Waals surface area contributed by atoms with E-state index in [1.165, 1.54) is 5.56 Å². The Kier molecular flexibility index (Phi) is 7.59. The number of morpholine rings is 1. The van der Waals surface area contributed by atoms with Crippen LogP contribution in [0.15, 0.2) is 42.5 Å². The summed E-state index contributed by atoms with van der Waals surface area (Å²) in [5.41, 5.74) is 2.04. The molecule has 2 aromatic rings. The van der Waals surface area contributed by atoms with Crippen molar-refractivity contribution in [1.29, 1.82) is 0 Å². The van der Waals surface area contributed by atoms with Crippen molar-refractivity contribution >= 4 is 23.2 Å². The Hall–Kier alpha value is -1.30. The lowest BCUT2D eigenvalue weighted by Gasteiger charge is -2.26. The lowest BCUT2D eigenvalue weighted by molar-refractivity contribution is 0.0384. The Bertz CT molecular complexity index is 668. The van der Waals surface area contributed by atoms with Gasteiger partial charge in [-0.05, 0) is 29.8 Å². The van der Waals surface area contributed by atoms with Crippen molar-refractivity contribution in [2.75, 3.05) is 39.4 Å². The highest BCUT2D eigenvalue weighted by molar-refractivity contribution is 6.35. The first kappa shape index (κ1) is 19.5. The highest BCUT2D eigenvalue weighted by Crippen LogP contribution is 2.25. The van der Waals surface area contributed by atoms with E-state index in [-0.39, 0.29) is 0 Å². The van der Waals surface area contributed by atoms with Crippen molar-refractivity contribution < 1.29 is 9.47 Å². The van der Waals surface area contributed by atoms with E-state index in [4.69, 9.17) is 32.7 Å². The van der Waals surface area contributed by atoms with E-state index >= 15 is 0 Å². The summed E-state index contributed by atoms with van der Waals surface area (Å²) in [6, 6.07) is 13.6. The number of nitrogens with one attached hydrogen (secondary N) is 1. The number of benzene rings is 2. The minimum absolute atomic E-state index is 0.357. The molecule has 4 nitrogen and oxygen atoms in total. The van der Waals surface area contributed by atoms with Gasteiger partial charge in [-0.15, -0.1) is 0 Å². The van der Waals surface area contributed by atoms with E-state index in [1.807, 2.05) is 30.3 Å².